The third-order valence-electron chi connectivity index (χ3n) is 0.494. The molecule has 1 N–H and O–H groups in total. The highest BCUT2D eigenvalue weighted by molar-refractivity contribution is 5.85. The fourth-order valence-corrected chi connectivity index (χ4v) is 0.258. The molecule has 0 aliphatic carbocycles. The van der Waals surface area contributed by atoms with Crippen LogP contribution in [0.2, 0.25) is 0 Å². The molecule has 2 nitrogen and oxygen atoms in total. The largest absolute Gasteiger partial charge is 0.323 e. The Morgan fingerprint density at radius 3 is 1.55 bits per heavy atom. The van der Waals surface area contributed by atoms with Gasteiger partial charge in [-0.05, 0) is 28.2 Å². The summed E-state index contributed by atoms with van der Waals surface area (Å²) in [7, 11) is 7.78. The second kappa shape index (κ2) is 22.5. The van der Waals surface area contributed by atoms with Gasteiger partial charge >= 0.3 is 0 Å². The van der Waals surface area contributed by atoms with E-state index in [-0.39, 0.29) is 24.8 Å². The van der Waals surface area contributed by atoms with Gasteiger partial charge in [0.25, 0.3) is 0 Å². The van der Waals surface area contributed by atoms with Crippen molar-refractivity contribution in [3.05, 3.63) is 12.7 Å². The maximum absolute atomic E-state index is 3.56. The molecule has 72 valence electrons. The predicted octanol–water partition coefficient (Wildman–Crippen LogP) is 1.41. The summed E-state index contributed by atoms with van der Waals surface area (Å²) in [6.45, 7) is 4.53. The van der Waals surface area contributed by atoms with Gasteiger partial charge in [-0.3, -0.25) is 0 Å². The highest BCUT2D eigenvalue weighted by Crippen LogP contribution is 1.69. The molecular formula is C7H20Cl2N2. The molecule has 0 rings (SSSR count). The maximum atomic E-state index is 3.56. The third-order valence-corrected chi connectivity index (χ3v) is 0.494. The number of hydrogen-bond donors (Lipinski definition) is 1. The molecule has 0 saturated carbocycles. The number of hydrogen-bond acceptors (Lipinski definition) is 2. The first-order chi connectivity index (χ1) is 4.18. The van der Waals surface area contributed by atoms with Gasteiger partial charge in [-0.2, -0.15) is 0 Å². The van der Waals surface area contributed by atoms with E-state index in [4.69, 9.17) is 0 Å². The summed E-state index contributed by atoms with van der Waals surface area (Å²) in [4.78, 5) is 2.06. The second-order valence-electron chi connectivity index (χ2n) is 2.05. The third kappa shape index (κ3) is 66.2. The van der Waals surface area contributed by atoms with E-state index >= 15 is 0 Å². The minimum Gasteiger partial charge on any atom is -0.323 e. The second-order valence-corrected chi connectivity index (χ2v) is 2.05. The molecule has 0 saturated heterocycles. The Morgan fingerprint density at radius 1 is 1.27 bits per heavy atom. The number of likely N-dealkylation sites (N-methyl/N-ethyl adjacent to an activating group) is 1. The van der Waals surface area contributed by atoms with Gasteiger partial charge in [-0.1, -0.05) is 6.08 Å². The molecule has 0 radical (unpaired) electrons. The first-order valence-corrected chi connectivity index (χ1v) is 3.03. The van der Waals surface area contributed by atoms with E-state index in [0.717, 1.165) is 6.54 Å². The lowest BCUT2D eigenvalue weighted by atomic mass is 10.6. The molecule has 0 aromatic heterocycles. The van der Waals surface area contributed by atoms with Gasteiger partial charge in [0.2, 0.25) is 0 Å². The molecule has 0 fully saturated rings. The van der Waals surface area contributed by atoms with Crippen LogP contribution in [0, 0.1) is 0 Å². The number of nitrogens with one attached hydrogen (secondary N) is 1. The van der Waals surface area contributed by atoms with E-state index < -0.39 is 0 Å². The Morgan fingerprint density at radius 2 is 1.55 bits per heavy atom. The molecule has 0 aliphatic heterocycles. The minimum absolute atomic E-state index is 0. The molecule has 0 aliphatic rings. The monoisotopic (exact) mass is 202 g/mol. The van der Waals surface area contributed by atoms with Crippen LogP contribution in [-0.4, -0.2) is 39.6 Å². The van der Waals surface area contributed by atoms with Crippen molar-refractivity contribution in [3.63, 3.8) is 0 Å². The first-order valence-electron chi connectivity index (χ1n) is 3.03. The van der Waals surface area contributed by atoms with Gasteiger partial charge < -0.3 is 10.2 Å². The standard InChI is InChI=1S/C5H11N.C2H7N.2ClH/c1-4-5-6(2)3;1-3-2;;/h4H,1,5H2,2-3H3;3H,1-2H3;2*1H. The number of halogens is 2. The van der Waals surface area contributed by atoms with Gasteiger partial charge in [0.15, 0.2) is 0 Å². The molecule has 0 bridgehead atoms. The van der Waals surface area contributed by atoms with Crippen molar-refractivity contribution in [1.82, 2.24) is 10.2 Å². The zero-order chi connectivity index (χ0) is 7.70. The van der Waals surface area contributed by atoms with Gasteiger partial charge in [0, 0.05) is 6.54 Å². The Balaban J connectivity index is -0.0000000437. The summed E-state index contributed by atoms with van der Waals surface area (Å²) in [5, 5.41) is 2.75. The van der Waals surface area contributed by atoms with Gasteiger partial charge in [0.1, 0.15) is 0 Å². The maximum Gasteiger partial charge on any atom is 0.0154 e. The lowest BCUT2D eigenvalue weighted by molar-refractivity contribution is 0.457. The zero-order valence-electron chi connectivity index (χ0n) is 7.76. The molecule has 0 heterocycles. The topological polar surface area (TPSA) is 15.3 Å². The van der Waals surface area contributed by atoms with Gasteiger partial charge in [0.05, 0.1) is 0 Å². The fourth-order valence-electron chi connectivity index (χ4n) is 0.258. The van der Waals surface area contributed by atoms with Crippen LogP contribution in [0.4, 0.5) is 0 Å². The summed E-state index contributed by atoms with van der Waals surface area (Å²) in [5.41, 5.74) is 0. The lowest BCUT2D eigenvalue weighted by Crippen LogP contribution is -2.09. The van der Waals surface area contributed by atoms with Crippen LogP contribution in [-0.2, 0) is 0 Å². The smallest absolute Gasteiger partial charge is 0.0154 e. The van der Waals surface area contributed by atoms with Crippen molar-refractivity contribution in [2.75, 3.05) is 34.7 Å². The molecule has 0 unspecified atom stereocenters. The van der Waals surface area contributed by atoms with Crippen LogP contribution in [0.25, 0.3) is 0 Å². The summed E-state index contributed by atoms with van der Waals surface area (Å²) < 4.78 is 0. The van der Waals surface area contributed by atoms with Gasteiger partial charge in [-0.25, -0.2) is 0 Å². The Kier molecular flexibility index (Phi) is 45.9. The average Bonchev–Trinajstić information content (AvgIpc) is 1.67. The first kappa shape index (κ1) is 22.5. The van der Waals surface area contributed by atoms with Crippen LogP contribution in [0.3, 0.4) is 0 Å². The van der Waals surface area contributed by atoms with Crippen LogP contribution in [0.1, 0.15) is 0 Å². The minimum atomic E-state index is 0. The van der Waals surface area contributed by atoms with Crippen LogP contribution in [0.15, 0.2) is 12.7 Å². The van der Waals surface area contributed by atoms with E-state index in [0.29, 0.717) is 0 Å². The molecule has 0 amide bonds. The van der Waals surface area contributed by atoms with E-state index in [1.165, 1.54) is 0 Å². The average molecular weight is 203 g/mol. The van der Waals surface area contributed by atoms with Crippen molar-refractivity contribution >= 4 is 24.8 Å². The normalized spacial score (nSPS) is 6.64. The molecule has 0 aromatic rings. The quantitative estimate of drug-likeness (QED) is 0.682. The van der Waals surface area contributed by atoms with Crippen molar-refractivity contribution < 1.29 is 0 Å². The van der Waals surface area contributed by atoms with E-state index in [9.17, 15) is 0 Å². The van der Waals surface area contributed by atoms with Crippen LogP contribution < -0.4 is 5.32 Å². The molecular weight excluding hydrogens is 183 g/mol. The Hall–Kier alpha value is 0.240. The van der Waals surface area contributed by atoms with E-state index in [1.54, 1.807) is 0 Å². The molecule has 0 aromatic carbocycles. The van der Waals surface area contributed by atoms with Crippen molar-refractivity contribution in [1.29, 1.82) is 0 Å². The molecule has 11 heavy (non-hydrogen) atoms. The Bertz CT molecular complexity index is 58.4. The van der Waals surface area contributed by atoms with Crippen LogP contribution in [0.5, 0.6) is 0 Å². The summed E-state index contributed by atoms with van der Waals surface area (Å²) >= 11 is 0. The van der Waals surface area contributed by atoms with Crippen molar-refractivity contribution in [2.24, 2.45) is 0 Å². The molecule has 0 atom stereocenters. The summed E-state index contributed by atoms with van der Waals surface area (Å²) in [5.74, 6) is 0. The molecule has 4 heteroatoms. The highest BCUT2D eigenvalue weighted by Gasteiger charge is 1.75. The summed E-state index contributed by atoms with van der Waals surface area (Å²) in [6.07, 6.45) is 1.88. The zero-order valence-corrected chi connectivity index (χ0v) is 9.39. The number of rotatable bonds is 2. The van der Waals surface area contributed by atoms with Crippen molar-refractivity contribution in [2.45, 2.75) is 0 Å². The lowest BCUT2D eigenvalue weighted by Gasteiger charge is -2.01. The number of nitrogens with zero attached hydrogens (tertiary/aromatic N) is 1. The highest BCUT2D eigenvalue weighted by atomic mass is 35.5. The van der Waals surface area contributed by atoms with E-state index in [1.807, 2.05) is 34.3 Å². The summed E-state index contributed by atoms with van der Waals surface area (Å²) in [6, 6.07) is 0. The predicted molar refractivity (Wildman–Crippen MR) is 58.2 cm³/mol. The van der Waals surface area contributed by atoms with E-state index in [2.05, 4.69) is 16.8 Å². The Labute approximate surface area is 82.9 Å². The fraction of sp³-hybridized carbons (Fsp3) is 0.714. The van der Waals surface area contributed by atoms with Gasteiger partial charge in [-0.15, -0.1) is 31.4 Å². The molecule has 0 spiro atoms. The van der Waals surface area contributed by atoms with Crippen molar-refractivity contribution in [3.8, 4) is 0 Å². The SMILES string of the molecule is C=CCN(C)C.CNC.Cl.Cl. The van der Waals surface area contributed by atoms with Crippen LogP contribution >= 0.6 is 24.8 Å².